The van der Waals surface area contributed by atoms with Crippen LogP contribution in [0.3, 0.4) is 0 Å². The number of benzene rings is 1. The van der Waals surface area contributed by atoms with Gasteiger partial charge in [0.15, 0.2) is 0 Å². The average molecular weight is 343 g/mol. The van der Waals surface area contributed by atoms with E-state index in [1.54, 1.807) is 25.9 Å². The van der Waals surface area contributed by atoms with Crippen LogP contribution in [0.5, 0.6) is 5.75 Å². The van der Waals surface area contributed by atoms with Crippen LogP contribution in [0.4, 0.5) is 5.69 Å². The van der Waals surface area contributed by atoms with Crippen LogP contribution in [0.2, 0.25) is 0 Å². The van der Waals surface area contributed by atoms with Crippen molar-refractivity contribution in [2.24, 2.45) is 11.8 Å². The number of nitrogens with zero attached hydrogens (tertiary/aromatic N) is 1. The molecule has 6 nitrogen and oxygen atoms in total. The first-order valence-corrected chi connectivity index (χ1v) is 8.48. The highest BCUT2D eigenvalue weighted by atomic mass is 16.6. The van der Waals surface area contributed by atoms with Crippen molar-refractivity contribution in [1.82, 2.24) is 0 Å². The van der Waals surface area contributed by atoms with Crippen LogP contribution in [0.15, 0.2) is 36.4 Å². The fraction of sp³-hybridized carbons (Fsp3) is 0.474. The van der Waals surface area contributed by atoms with Crippen LogP contribution in [0.1, 0.15) is 13.8 Å². The predicted octanol–water partition coefficient (Wildman–Crippen LogP) is 1.93. The first kappa shape index (κ1) is 16.1. The first-order valence-electron chi connectivity index (χ1n) is 8.48. The molecule has 2 fully saturated rings. The molecule has 4 rings (SSSR count). The van der Waals surface area contributed by atoms with Crippen LogP contribution < -0.4 is 9.64 Å². The molecule has 0 aromatic heterocycles. The van der Waals surface area contributed by atoms with E-state index < -0.39 is 17.4 Å². The van der Waals surface area contributed by atoms with Gasteiger partial charge in [-0.05, 0) is 38.1 Å². The molecule has 1 amide bonds. The van der Waals surface area contributed by atoms with E-state index in [1.165, 1.54) is 0 Å². The molecule has 0 radical (unpaired) electrons. The summed E-state index contributed by atoms with van der Waals surface area (Å²) in [6, 6.07) is 7.30. The number of fused-ring (bicyclic) bond motifs is 1. The van der Waals surface area contributed by atoms with E-state index in [-0.39, 0.29) is 24.1 Å². The molecule has 0 aliphatic carbocycles. The van der Waals surface area contributed by atoms with Gasteiger partial charge >= 0.3 is 5.97 Å². The topological polar surface area (TPSA) is 65.1 Å². The van der Waals surface area contributed by atoms with Crippen molar-refractivity contribution < 1.29 is 23.8 Å². The van der Waals surface area contributed by atoms with Gasteiger partial charge < -0.3 is 19.1 Å². The van der Waals surface area contributed by atoms with Crippen molar-refractivity contribution in [3.8, 4) is 5.75 Å². The summed E-state index contributed by atoms with van der Waals surface area (Å²) in [4.78, 5) is 27.3. The largest absolute Gasteiger partial charge is 0.497 e. The second kappa shape index (κ2) is 5.59. The van der Waals surface area contributed by atoms with Gasteiger partial charge in [0.2, 0.25) is 5.91 Å². The minimum absolute atomic E-state index is 0.0947. The van der Waals surface area contributed by atoms with Gasteiger partial charge in [0.25, 0.3) is 0 Å². The van der Waals surface area contributed by atoms with Crippen molar-refractivity contribution >= 4 is 17.6 Å². The molecule has 0 saturated carbocycles. The minimum atomic E-state index is -0.734. The smallest absolute Gasteiger partial charge is 0.313 e. The van der Waals surface area contributed by atoms with Gasteiger partial charge in [0.1, 0.15) is 17.3 Å². The highest BCUT2D eigenvalue weighted by Gasteiger charge is 2.67. The fourth-order valence-corrected chi connectivity index (χ4v) is 4.06. The zero-order chi connectivity index (χ0) is 17.8. The monoisotopic (exact) mass is 343 g/mol. The summed E-state index contributed by atoms with van der Waals surface area (Å²) >= 11 is 0. The van der Waals surface area contributed by atoms with Gasteiger partial charge in [-0.25, -0.2) is 0 Å². The van der Waals surface area contributed by atoms with Crippen molar-refractivity contribution in [2.45, 2.75) is 31.7 Å². The molecule has 2 bridgehead atoms. The number of anilines is 1. The Labute approximate surface area is 146 Å². The number of hydrogen-bond donors (Lipinski definition) is 0. The fourth-order valence-electron chi connectivity index (χ4n) is 4.06. The zero-order valence-electron chi connectivity index (χ0n) is 14.5. The number of carbonyl (C=O) groups excluding carboxylic acids is 2. The van der Waals surface area contributed by atoms with E-state index in [0.29, 0.717) is 6.54 Å². The SMILES string of the molecule is COc1ccc(N2C[C@]34C=C[C@H](O3)[C@@H](C(=O)OC(C)C)[C@H]4C2=O)cc1. The molecule has 0 unspecified atom stereocenters. The van der Waals surface area contributed by atoms with E-state index in [1.807, 2.05) is 36.4 Å². The Morgan fingerprint density at radius 1 is 1.32 bits per heavy atom. The van der Waals surface area contributed by atoms with Crippen molar-refractivity contribution in [3.05, 3.63) is 36.4 Å². The van der Waals surface area contributed by atoms with E-state index in [0.717, 1.165) is 11.4 Å². The maximum atomic E-state index is 13.1. The number of esters is 1. The maximum absolute atomic E-state index is 13.1. The quantitative estimate of drug-likeness (QED) is 0.617. The molecule has 4 atom stereocenters. The Hall–Kier alpha value is -2.34. The van der Waals surface area contributed by atoms with Crippen LogP contribution in [0.25, 0.3) is 0 Å². The van der Waals surface area contributed by atoms with Crippen molar-refractivity contribution in [2.75, 3.05) is 18.6 Å². The summed E-state index contributed by atoms with van der Waals surface area (Å²) in [6.45, 7) is 4.01. The minimum Gasteiger partial charge on any atom is -0.497 e. The lowest BCUT2D eigenvalue weighted by atomic mass is 9.77. The Balaban J connectivity index is 1.64. The molecular formula is C19H21NO5. The van der Waals surface area contributed by atoms with Crippen LogP contribution in [-0.4, -0.2) is 43.3 Å². The predicted molar refractivity (Wildman–Crippen MR) is 90.3 cm³/mol. The Morgan fingerprint density at radius 2 is 2.04 bits per heavy atom. The van der Waals surface area contributed by atoms with E-state index >= 15 is 0 Å². The molecule has 1 aromatic carbocycles. The van der Waals surface area contributed by atoms with Gasteiger partial charge in [-0.1, -0.05) is 12.2 Å². The number of rotatable bonds is 4. The van der Waals surface area contributed by atoms with Gasteiger partial charge in [-0.2, -0.15) is 0 Å². The lowest BCUT2D eigenvalue weighted by Crippen LogP contribution is -2.40. The summed E-state index contributed by atoms with van der Waals surface area (Å²) in [7, 11) is 1.60. The number of methoxy groups -OCH3 is 1. The third kappa shape index (κ3) is 2.35. The third-order valence-electron chi connectivity index (χ3n) is 5.11. The molecule has 1 spiro atoms. The lowest BCUT2D eigenvalue weighted by Gasteiger charge is -2.23. The summed E-state index contributed by atoms with van der Waals surface area (Å²) in [5, 5.41) is 0. The second-order valence-corrected chi connectivity index (χ2v) is 7.01. The van der Waals surface area contributed by atoms with Gasteiger partial charge in [-0.15, -0.1) is 0 Å². The highest BCUT2D eigenvalue weighted by molar-refractivity contribution is 6.02. The molecule has 0 N–H and O–H groups in total. The summed E-state index contributed by atoms with van der Waals surface area (Å²) in [6.07, 6.45) is 3.22. The Kier molecular flexibility index (Phi) is 3.61. The number of ether oxygens (including phenoxy) is 3. The van der Waals surface area contributed by atoms with Crippen LogP contribution >= 0.6 is 0 Å². The average Bonchev–Trinajstić information content (AvgIpc) is 3.22. The van der Waals surface area contributed by atoms with Gasteiger partial charge in [0.05, 0.1) is 31.8 Å². The zero-order valence-corrected chi connectivity index (χ0v) is 14.5. The molecular weight excluding hydrogens is 322 g/mol. The first-order chi connectivity index (χ1) is 11.9. The molecule has 2 saturated heterocycles. The maximum Gasteiger partial charge on any atom is 0.313 e. The molecule has 6 heteroatoms. The Morgan fingerprint density at radius 3 is 2.68 bits per heavy atom. The van der Waals surface area contributed by atoms with Crippen LogP contribution in [-0.2, 0) is 19.1 Å². The number of amides is 1. The van der Waals surface area contributed by atoms with Gasteiger partial charge in [0, 0.05) is 5.69 Å². The van der Waals surface area contributed by atoms with E-state index in [9.17, 15) is 9.59 Å². The molecule has 3 aliphatic heterocycles. The van der Waals surface area contributed by atoms with Crippen LogP contribution in [0, 0.1) is 11.8 Å². The molecule has 132 valence electrons. The van der Waals surface area contributed by atoms with E-state index in [4.69, 9.17) is 14.2 Å². The Bertz CT molecular complexity index is 741. The van der Waals surface area contributed by atoms with Crippen molar-refractivity contribution in [3.63, 3.8) is 0 Å². The molecule has 1 aromatic rings. The number of carbonyl (C=O) groups is 2. The summed E-state index contributed by atoms with van der Waals surface area (Å²) in [5.74, 6) is -0.841. The summed E-state index contributed by atoms with van der Waals surface area (Å²) < 4.78 is 16.6. The standard InChI is InChI=1S/C19H21NO5/c1-11(2)24-18(22)15-14-8-9-19(25-14)10-20(17(21)16(15)19)12-4-6-13(23-3)7-5-12/h4-9,11,14-16H,10H2,1-3H3/t14-,15+,16-,19-/m0/s1. The highest BCUT2D eigenvalue weighted by Crippen LogP contribution is 2.53. The molecule has 3 aliphatic rings. The van der Waals surface area contributed by atoms with Crippen molar-refractivity contribution in [1.29, 1.82) is 0 Å². The number of hydrogen-bond acceptors (Lipinski definition) is 5. The summed E-state index contributed by atoms with van der Waals surface area (Å²) in [5.41, 5.74) is 0.0357. The second-order valence-electron chi connectivity index (χ2n) is 7.01. The molecule has 25 heavy (non-hydrogen) atoms. The normalized spacial score (nSPS) is 32.4. The van der Waals surface area contributed by atoms with Gasteiger partial charge in [-0.3, -0.25) is 9.59 Å². The third-order valence-corrected chi connectivity index (χ3v) is 5.11. The lowest BCUT2D eigenvalue weighted by molar-refractivity contribution is -0.156. The molecule has 3 heterocycles. The van der Waals surface area contributed by atoms with E-state index in [2.05, 4.69) is 0 Å².